The van der Waals surface area contributed by atoms with Gasteiger partial charge in [-0.1, -0.05) is 64.3 Å². The predicted octanol–water partition coefficient (Wildman–Crippen LogP) is 3.95. The van der Waals surface area contributed by atoms with Crippen LogP contribution < -0.4 is 10.7 Å². The Morgan fingerprint density at radius 3 is 2.36 bits per heavy atom. The first-order valence-corrected chi connectivity index (χ1v) is 8.15. The standard InChI is InChI=1S/C18H27N3O/c1-18(2,3)15-11-9-14(10-12-15)13-19-21-17(22)20-16-7-5-4-6-8-16/h9-13,16H,4-8H2,1-3H3,(H2,20,21,22). The van der Waals surface area contributed by atoms with Gasteiger partial charge in [-0.3, -0.25) is 0 Å². The fraction of sp³-hybridized carbons (Fsp3) is 0.556. The fourth-order valence-electron chi connectivity index (χ4n) is 2.70. The van der Waals surface area contributed by atoms with Gasteiger partial charge in [0.05, 0.1) is 6.21 Å². The van der Waals surface area contributed by atoms with Gasteiger partial charge in [-0.05, 0) is 29.4 Å². The molecule has 1 aliphatic carbocycles. The molecule has 0 spiro atoms. The second kappa shape index (κ2) is 7.43. The van der Waals surface area contributed by atoms with E-state index < -0.39 is 0 Å². The Morgan fingerprint density at radius 2 is 1.77 bits per heavy atom. The summed E-state index contributed by atoms with van der Waals surface area (Å²) < 4.78 is 0. The number of rotatable bonds is 3. The molecule has 2 rings (SSSR count). The van der Waals surface area contributed by atoms with E-state index in [4.69, 9.17) is 0 Å². The van der Waals surface area contributed by atoms with Crippen LogP contribution in [0.1, 0.15) is 64.0 Å². The highest BCUT2D eigenvalue weighted by Gasteiger charge is 2.15. The van der Waals surface area contributed by atoms with E-state index in [9.17, 15) is 4.79 Å². The van der Waals surface area contributed by atoms with Crippen molar-refractivity contribution >= 4 is 12.2 Å². The van der Waals surface area contributed by atoms with Gasteiger partial charge in [0.15, 0.2) is 0 Å². The van der Waals surface area contributed by atoms with E-state index in [-0.39, 0.29) is 11.4 Å². The molecule has 0 bridgehead atoms. The molecule has 0 saturated heterocycles. The van der Waals surface area contributed by atoms with E-state index in [1.54, 1.807) is 6.21 Å². The van der Waals surface area contributed by atoms with E-state index in [1.165, 1.54) is 24.8 Å². The number of benzene rings is 1. The first-order valence-electron chi connectivity index (χ1n) is 8.15. The summed E-state index contributed by atoms with van der Waals surface area (Å²) in [4.78, 5) is 11.8. The van der Waals surface area contributed by atoms with Crippen LogP contribution >= 0.6 is 0 Å². The molecular formula is C18H27N3O. The van der Waals surface area contributed by atoms with E-state index >= 15 is 0 Å². The number of nitrogens with zero attached hydrogens (tertiary/aromatic N) is 1. The van der Waals surface area contributed by atoms with Gasteiger partial charge in [0.25, 0.3) is 0 Å². The lowest BCUT2D eigenvalue weighted by molar-refractivity contribution is 0.233. The van der Waals surface area contributed by atoms with Crippen LogP contribution in [-0.4, -0.2) is 18.3 Å². The van der Waals surface area contributed by atoms with Crippen LogP contribution in [0, 0.1) is 0 Å². The van der Waals surface area contributed by atoms with Crippen molar-refractivity contribution in [2.45, 2.75) is 64.3 Å². The average Bonchev–Trinajstić information content (AvgIpc) is 2.48. The molecule has 0 unspecified atom stereocenters. The highest BCUT2D eigenvalue weighted by Crippen LogP contribution is 2.21. The molecule has 4 heteroatoms. The van der Waals surface area contributed by atoms with Crippen LogP contribution in [-0.2, 0) is 5.41 Å². The molecule has 1 aromatic rings. The first-order chi connectivity index (χ1) is 10.4. The van der Waals surface area contributed by atoms with E-state index in [0.717, 1.165) is 18.4 Å². The van der Waals surface area contributed by atoms with E-state index in [0.29, 0.717) is 6.04 Å². The fourth-order valence-corrected chi connectivity index (χ4v) is 2.70. The zero-order chi connectivity index (χ0) is 16.0. The van der Waals surface area contributed by atoms with Crippen molar-refractivity contribution in [3.63, 3.8) is 0 Å². The highest BCUT2D eigenvalue weighted by atomic mass is 16.2. The maximum absolute atomic E-state index is 11.8. The Kier molecular flexibility index (Phi) is 5.58. The van der Waals surface area contributed by atoms with Crippen LogP contribution in [0.15, 0.2) is 29.4 Å². The van der Waals surface area contributed by atoms with E-state index in [1.807, 2.05) is 12.1 Å². The number of amides is 2. The quantitative estimate of drug-likeness (QED) is 0.644. The number of hydrazone groups is 1. The summed E-state index contributed by atoms with van der Waals surface area (Å²) in [6.45, 7) is 6.56. The monoisotopic (exact) mass is 301 g/mol. The van der Waals surface area contributed by atoms with Crippen molar-refractivity contribution in [1.82, 2.24) is 10.7 Å². The third kappa shape index (κ3) is 5.17. The Balaban J connectivity index is 1.80. The number of carbonyl (C=O) groups excluding carboxylic acids is 1. The van der Waals surface area contributed by atoms with Crippen molar-refractivity contribution in [1.29, 1.82) is 0 Å². The molecule has 1 aromatic carbocycles. The summed E-state index contributed by atoms with van der Waals surface area (Å²) in [6.07, 6.45) is 7.51. The zero-order valence-electron chi connectivity index (χ0n) is 13.9. The van der Waals surface area contributed by atoms with Crippen molar-refractivity contribution < 1.29 is 4.79 Å². The molecule has 0 atom stereocenters. The molecule has 1 fully saturated rings. The molecule has 120 valence electrons. The number of carbonyl (C=O) groups is 1. The summed E-state index contributed by atoms with van der Waals surface area (Å²) in [7, 11) is 0. The van der Waals surface area contributed by atoms with Gasteiger partial charge in [0.1, 0.15) is 0 Å². The summed E-state index contributed by atoms with van der Waals surface area (Å²) in [5.41, 5.74) is 4.95. The van der Waals surface area contributed by atoms with Crippen LogP contribution in [0.5, 0.6) is 0 Å². The summed E-state index contributed by atoms with van der Waals surface area (Å²) in [6, 6.07) is 8.33. The smallest absolute Gasteiger partial charge is 0.334 e. The molecule has 2 N–H and O–H groups in total. The lowest BCUT2D eigenvalue weighted by Gasteiger charge is -2.22. The molecule has 1 saturated carbocycles. The zero-order valence-corrected chi connectivity index (χ0v) is 13.9. The third-order valence-corrected chi connectivity index (χ3v) is 4.10. The first kappa shape index (κ1) is 16.5. The maximum atomic E-state index is 11.8. The molecule has 2 amide bonds. The Hall–Kier alpha value is -1.84. The van der Waals surface area contributed by atoms with Crippen molar-refractivity contribution in [2.24, 2.45) is 5.10 Å². The van der Waals surface area contributed by atoms with Gasteiger partial charge in [-0.25, -0.2) is 10.2 Å². The van der Waals surface area contributed by atoms with Gasteiger partial charge in [0, 0.05) is 6.04 Å². The number of nitrogens with one attached hydrogen (secondary N) is 2. The second-order valence-electron chi connectivity index (χ2n) is 7.05. The van der Waals surface area contributed by atoms with Gasteiger partial charge in [0.2, 0.25) is 0 Å². The topological polar surface area (TPSA) is 53.5 Å². The largest absolute Gasteiger partial charge is 0.335 e. The summed E-state index contributed by atoms with van der Waals surface area (Å²) in [5, 5.41) is 6.98. The van der Waals surface area contributed by atoms with Crippen LogP contribution in [0.2, 0.25) is 0 Å². The molecule has 4 nitrogen and oxygen atoms in total. The number of urea groups is 1. The molecule has 0 aromatic heterocycles. The van der Waals surface area contributed by atoms with Crippen molar-refractivity contribution in [3.8, 4) is 0 Å². The molecular weight excluding hydrogens is 274 g/mol. The van der Waals surface area contributed by atoms with Gasteiger partial charge in [-0.2, -0.15) is 5.10 Å². The van der Waals surface area contributed by atoms with Crippen molar-refractivity contribution in [2.75, 3.05) is 0 Å². The molecule has 0 heterocycles. The second-order valence-corrected chi connectivity index (χ2v) is 7.05. The summed E-state index contributed by atoms with van der Waals surface area (Å²) in [5.74, 6) is 0. The van der Waals surface area contributed by atoms with Crippen LogP contribution in [0.3, 0.4) is 0 Å². The Bertz CT molecular complexity index is 508. The Morgan fingerprint density at radius 1 is 1.14 bits per heavy atom. The minimum atomic E-state index is -0.213. The SMILES string of the molecule is CC(C)(C)c1ccc(C=NNC(=O)NC2CCCCC2)cc1. The lowest BCUT2D eigenvalue weighted by Crippen LogP contribution is -2.41. The third-order valence-electron chi connectivity index (χ3n) is 4.10. The lowest BCUT2D eigenvalue weighted by atomic mass is 9.87. The molecule has 0 radical (unpaired) electrons. The highest BCUT2D eigenvalue weighted by molar-refractivity contribution is 5.82. The predicted molar refractivity (Wildman–Crippen MR) is 91.3 cm³/mol. The summed E-state index contributed by atoms with van der Waals surface area (Å²) >= 11 is 0. The Labute approximate surface area is 133 Å². The van der Waals surface area contributed by atoms with Gasteiger partial charge < -0.3 is 5.32 Å². The number of hydrogen-bond donors (Lipinski definition) is 2. The van der Waals surface area contributed by atoms with Crippen molar-refractivity contribution in [3.05, 3.63) is 35.4 Å². The normalized spacial score (nSPS) is 16.7. The number of hydrogen-bond acceptors (Lipinski definition) is 2. The minimum absolute atomic E-state index is 0.147. The molecule has 0 aliphatic heterocycles. The average molecular weight is 301 g/mol. The molecule has 22 heavy (non-hydrogen) atoms. The van der Waals surface area contributed by atoms with E-state index in [2.05, 4.69) is 48.7 Å². The van der Waals surface area contributed by atoms with Gasteiger partial charge >= 0.3 is 6.03 Å². The van der Waals surface area contributed by atoms with Crippen LogP contribution in [0.25, 0.3) is 0 Å². The van der Waals surface area contributed by atoms with Crippen LogP contribution in [0.4, 0.5) is 4.79 Å². The van der Waals surface area contributed by atoms with Gasteiger partial charge in [-0.15, -0.1) is 0 Å². The minimum Gasteiger partial charge on any atom is -0.334 e. The maximum Gasteiger partial charge on any atom is 0.335 e. The molecule has 1 aliphatic rings.